The molecule has 1 heteroatoms. The topological polar surface area (TPSA) is 0 Å². The third-order valence-corrected chi connectivity index (χ3v) is 2.20. The average molecular weight is 249 g/mol. The first-order valence-corrected chi connectivity index (χ1v) is 4.47. The summed E-state index contributed by atoms with van der Waals surface area (Å²) in [5, 5.41) is 0. The molecule has 0 atom stereocenters. The van der Waals surface area contributed by atoms with E-state index < -0.39 is 0 Å². The second-order valence-corrected chi connectivity index (χ2v) is 3.12. The zero-order valence-electron chi connectivity index (χ0n) is 9.64. The molecule has 0 aromatic heterocycles. The minimum Gasteiger partial charge on any atom is -1.00 e. The van der Waals surface area contributed by atoms with E-state index in [-0.39, 0.29) is 29.1 Å². The maximum absolute atomic E-state index is 3.32. The van der Waals surface area contributed by atoms with Gasteiger partial charge in [0.15, 0.2) is 0 Å². The third-order valence-electron chi connectivity index (χ3n) is 2.20. The van der Waals surface area contributed by atoms with Crippen molar-refractivity contribution < 1.29 is 29.1 Å². The van der Waals surface area contributed by atoms with Gasteiger partial charge in [-0.2, -0.15) is 12.2 Å². The van der Waals surface area contributed by atoms with Gasteiger partial charge in [0.2, 0.25) is 0 Å². The van der Waals surface area contributed by atoms with Crippen molar-refractivity contribution in [1.29, 1.82) is 0 Å². The summed E-state index contributed by atoms with van der Waals surface area (Å²) in [7, 11) is 0. The van der Waals surface area contributed by atoms with Crippen LogP contribution in [-0.4, -0.2) is 0 Å². The molecule has 66 valence electrons. The van der Waals surface area contributed by atoms with Crippen molar-refractivity contribution in [3.8, 4) is 0 Å². The number of rotatable bonds is 3. The van der Waals surface area contributed by atoms with Crippen molar-refractivity contribution in [2.24, 2.45) is 0 Å². The predicted octanol–water partition coefficient (Wildman–Crippen LogP) is 3.37. The first-order chi connectivity index (χ1) is 5.95. The molecule has 0 heterocycles. The Balaban J connectivity index is 0. The van der Waals surface area contributed by atoms with E-state index in [0.717, 1.165) is 25.7 Å². The van der Waals surface area contributed by atoms with E-state index in [1.165, 1.54) is 11.1 Å². The normalized spacial score (nSPS) is 18.5. The van der Waals surface area contributed by atoms with Gasteiger partial charge in [-0.25, -0.2) is 23.3 Å². The standard InChI is InChI=1S/C12H12.Zr.2H/c1-2-6-11(5-1)9-10-12-7-3-4-8-12;;;/h1,3,5,7H,2,4,9-10H2;;;/q-2;+4;2*-1. The Morgan fingerprint density at radius 1 is 1.00 bits per heavy atom. The van der Waals surface area contributed by atoms with Crippen molar-refractivity contribution in [3.63, 3.8) is 0 Å². The summed E-state index contributed by atoms with van der Waals surface area (Å²) in [5.41, 5.74) is 2.73. The number of hydrogen-bond donors (Lipinski definition) is 0. The summed E-state index contributed by atoms with van der Waals surface area (Å²) in [6, 6.07) is 0. The van der Waals surface area contributed by atoms with Crippen LogP contribution in [0.4, 0.5) is 0 Å². The van der Waals surface area contributed by atoms with E-state index in [4.69, 9.17) is 0 Å². The molecule has 2 rings (SSSR count). The van der Waals surface area contributed by atoms with E-state index in [2.05, 4.69) is 36.5 Å². The Hall–Kier alpha value is -0.157. The molecule has 0 aromatic carbocycles. The molecule has 0 radical (unpaired) electrons. The molecule has 0 N–H and O–H groups in total. The molecule has 0 aliphatic heterocycles. The van der Waals surface area contributed by atoms with E-state index in [1.54, 1.807) is 0 Å². The summed E-state index contributed by atoms with van der Waals surface area (Å²) < 4.78 is 0. The second-order valence-electron chi connectivity index (χ2n) is 3.12. The Labute approximate surface area is 102 Å². The summed E-state index contributed by atoms with van der Waals surface area (Å²) >= 11 is 0. The van der Waals surface area contributed by atoms with Crippen LogP contribution in [0.3, 0.4) is 0 Å². The van der Waals surface area contributed by atoms with E-state index in [0.29, 0.717) is 0 Å². The van der Waals surface area contributed by atoms with Crippen LogP contribution in [0, 0.1) is 12.2 Å². The maximum atomic E-state index is 3.32. The van der Waals surface area contributed by atoms with Crippen molar-refractivity contribution in [1.82, 2.24) is 0 Å². The van der Waals surface area contributed by atoms with Gasteiger partial charge in [-0.05, 0) is 0 Å². The zero-order chi connectivity index (χ0) is 8.23. The van der Waals surface area contributed by atoms with Gasteiger partial charge in [0.05, 0.1) is 0 Å². The van der Waals surface area contributed by atoms with Crippen LogP contribution in [0.1, 0.15) is 28.5 Å². The van der Waals surface area contributed by atoms with Gasteiger partial charge in [-0.1, -0.05) is 12.8 Å². The molecule has 0 bridgehead atoms. The molecular weight excluding hydrogens is 235 g/mol. The molecular formula is C12H14Zr. The Bertz CT molecular complexity index is 258. The van der Waals surface area contributed by atoms with Gasteiger partial charge >= 0.3 is 26.2 Å². The molecule has 0 saturated carbocycles. The molecule has 2 aliphatic rings. The first kappa shape index (κ1) is 10.9. The van der Waals surface area contributed by atoms with Crippen LogP contribution in [0.25, 0.3) is 0 Å². The molecule has 2 aliphatic carbocycles. The third kappa shape index (κ3) is 3.23. The fourth-order valence-electron chi connectivity index (χ4n) is 1.51. The van der Waals surface area contributed by atoms with Crippen molar-refractivity contribution >= 4 is 0 Å². The summed E-state index contributed by atoms with van der Waals surface area (Å²) in [6.45, 7) is 0. The molecule has 0 nitrogen and oxygen atoms in total. The van der Waals surface area contributed by atoms with Gasteiger partial charge in [-0.3, -0.25) is 12.2 Å². The van der Waals surface area contributed by atoms with Gasteiger partial charge in [0.1, 0.15) is 0 Å². The number of hydrogen-bond acceptors (Lipinski definition) is 0. The van der Waals surface area contributed by atoms with E-state index in [1.807, 2.05) is 0 Å². The first-order valence-electron chi connectivity index (χ1n) is 4.47. The maximum Gasteiger partial charge on any atom is 4.00 e. The molecule has 0 unspecified atom stereocenters. The molecule has 0 saturated heterocycles. The monoisotopic (exact) mass is 248 g/mol. The van der Waals surface area contributed by atoms with Gasteiger partial charge in [0, 0.05) is 0 Å². The largest absolute Gasteiger partial charge is 4.00 e. The van der Waals surface area contributed by atoms with Crippen LogP contribution < -0.4 is 0 Å². The van der Waals surface area contributed by atoms with E-state index >= 15 is 0 Å². The van der Waals surface area contributed by atoms with Gasteiger partial charge in [-0.15, -0.1) is 12.8 Å². The van der Waals surface area contributed by atoms with Crippen molar-refractivity contribution in [3.05, 3.63) is 47.6 Å². The second kappa shape index (κ2) is 5.55. The quantitative estimate of drug-likeness (QED) is 0.673. The summed E-state index contributed by atoms with van der Waals surface area (Å²) in [5.74, 6) is 0. The van der Waals surface area contributed by atoms with Crippen LogP contribution in [0.15, 0.2) is 35.5 Å². The SMILES string of the molecule is [C-]1=C(CCC2=[C-]CC=C2)C=CC1.[H-].[H-].[Zr+4]. The Morgan fingerprint density at radius 3 is 1.77 bits per heavy atom. The molecule has 0 spiro atoms. The van der Waals surface area contributed by atoms with E-state index in [9.17, 15) is 0 Å². The van der Waals surface area contributed by atoms with Gasteiger partial charge < -0.3 is 2.85 Å². The minimum absolute atomic E-state index is 0. The molecule has 0 aromatic rings. The minimum atomic E-state index is 0. The smallest absolute Gasteiger partial charge is 1.00 e. The molecule has 0 amide bonds. The summed E-state index contributed by atoms with van der Waals surface area (Å²) in [4.78, 5) is 0. The van der Waals surface area contributed by atoms with Crippen LogP contribution in [-0.2, 0) is 26.2 Å². The average Bonchev–Trinajstić information content (AvgIpc) is 2.74. The van der Waals surface area contributed by atoms with Crippen LogP contribution >= 0.6 is 0 Å². The van der Waals surface area contributed by atoms with Crippen LogP contribution in [0.2, 0.25) is 0 Å². The van der Waals surface area contributed by atoms with Gasteiger partial charge in [0.25, 0.3) is 0 Å². The fourth-order valence-corrected chi connectivity index (χ4v) is 1.51. The van der Waals surface area contributed by atoms with Crippen LogP contribution in [0.5, 0.6) is 0 Å². The van der Waals surface area contributed by atoms with Crippen molar-refractivity contribution in [2.45, 2.75) is 25.7 Å². The number of allylic oxidation sites excluding steroid dienone is 8. The Kier molecular flexibility index (Phi) is 4.66. The molecule has 0 fully saturated rings. The zero-order valence-corrected chi connectivity index (χ0v) is 10.1. The molecule has 13 heavy (non-hydrogen) atoms. The van der Waals surface area contributed by atoms with Crippen molar-refractivity contribution in [2.75, 3.05) is 0 Å². The Morgan fingerprint density at radius 2 is 1.46 bits per heavy atom. The predicted molar refractivity (Wildman–Crippen MR) is 52.5 cm³/mol. The summed E-state index contributed by atoms with van der Waals surface area (Å²) in [6.07, 6.45) is 19.6. The fraction of sp³-hybridized carbons (Fsp3) is 0.333.